The number of amides is 2. The maximum atomic E-state index is 11.4. The average molecular weight is 232 g/mol. The van der Waals surface area contributed by atoms with Crippen molar-refractivity contribution in [3.8, 4) is 0 Å². The largest absolute Gasteiger partial charge is 0.480 e. The first-order valence-electron chi connectivity index (χ1n) is 5.10. The smallest absolute Gasteiger partial charge is 0.328 e. The van der Waals surface area contributed by atoms with Gasteiger partial charge in [0, 0.05) is 19.8 Å². The molecule has 1 unspecified atom stereocenters. The Bertz CT molecular complexity index is 253. The maximum Gasteiger partial charge on any atom is 0.328 e. The van der Waals surface area contributed by atoms with E-state index < -0.39 is 17.5 Å². The van der Waals surface area contributed by atoms with Crippen LogP contribution in [0.25, 0.3) is 0 Å². The quantitative estimate of drug-likeness (QED) is 0.625. The number of aliphatic carboxylic acids is 1. The van der Waals surface area contributed by atoms with Crippen molar-refractivity contribution < 1.29 is 19.4 Å². The number of carboxylic acid groups (broad SMARTS) is 1. The van der Waals surface area contributed by atoms with E-state index in [2.05, 4.69) is 10.6 Å². The Morgan fingerprint density at radius 1 is 1.44 bits per heavy atom. The fourth-order valence-electron chi connectivity index (χ4n) is 0.964. The van der Waals surface area contributed by atoms with E-state index >= 15 is 0 Å². The summed E-state index contributed by atoms with van der Waals surface area (Å²) in [5.74, 6) is -1.08. The molecule has 0 radical (unpaired) electrons. The first-order valence-corrected chi connectivity index (χ1v) is 5.10. The van der Waals surface area contributed by atoms with Crippen molar-refractivity contribution in [1.82, 2.24) is 10.6 Å². The maximum absolute atomic E-state index is 11.4. The van der Waals surface area contributed by atoms with Crippen LogP contribution in [-0.4, -0.2) is 42.4 Å². The lowest BCUT2D eigenvalue weighted by molar-refractivity contribution is -0.142. The minimum Gasteiger partial charge on any atom is -0.480 e. The molecule has 0 bridgehead atoms. The Morgan fingerprint density at radius 2 is 2.00 bits per heavy atom. The van der Waals surface area contributed by atoms with Crippen LogP contribution in [0, 0.1) is 0 Å². The SMILES string of the molecule is COCCC(C)NC(=O)NC(C)(C)C(=O)O. The predicted molar refractivity (Wildman–Crippen MR) is 59.3 cm³/mol. The molecule has 6 heteroatoms. The summed E-state index contributed by atoms with van der Waals surface area (Å²) in [6.07, 6.45) is 0.678. The molecule has 0 spiro atoms. The summed E-state index contributed by atoms with van der Waals surface area (Å²) >= 11 is 0. The fourth-order valence-corrected chi connectivity index (χ4v) is 0.964. The number of carbonyl (C=O) groups is 2. The molecule has 0 saturated carbocycles. The van der Waals surface area contributed by atoms with Crippen LogP contribution in [0.15, 0.2) is 0 Å². The molecule has 0 heterocycles. The summed E-state index contributed by atoms with van der Waals surface area (Å²) in [5, 5.41) is 13.8. The second-order valence-corrected chi connectivity index (χ2v) is 4.21. The van der Waals surface area contributed by atoms with Gasteiger partial charge in [0.05, 0.1) is 0 Å². The summed E-state index contributed by atoms with van der Waals surface area (Å²) in [4.78, 5) is 22.2. The van der Waals surface area contributed by atoms with Crippen LogP contribution in [0.3, 0.4) is 0 Å². The number of urea groups is 1. The highest BCUT2D eigenvalue weighted by atomic mass is 16.5. The van der Waals surface area contributed by atoms with Gasteiger partial charge in [-0.3, -0.25) is 0 Å². The Labute approximate surface area is 95.4 Å². The summed E-state index contributed by atoms with van der Waals surface area (Å²) in [5.41, 5.74) is -1.27. The van der Waals surface area contributed by atoms with Gasteiger partial charge < -0.3 is 20.5 Å². The number of carboxylic acids is 1. The zero-order chi connectivity index (χ0) is 12.8. The van der Waals surface area contributed by atoms with Gasteiger partial charge in [-0.15, -0.1) is 0 Å². The van der Waals surface area contributed by atoms with E-state index in [9.17, 15) is 9.59 Å². The molecular formula is C10H20N2O4. The van der Waals surface area contributed by atoms with Crippen molar-refractivity contribution >= 4 is 12.0 Å². The monoisotopic (exact) mass is 232 g/mol. The fraction of sp³-hybridized carbons (Fsp3) is 0.800. The molecule has 0 aliphatic heterocycles. The van der Waals surface area contributed by atoms with Gasteiger partial charge in [-0.2, -0.15) is 0 Å². The molecule has 6 nitrogen and oxygen atoms in total. The number of carbonyl (C=O) groups excluding carboxylic acids is 1. The van der Waals surface area contributed by atoms with Crippen molar-refractivity contribution in [3.05, 3.63) is 0 Å². The van der Waals surface area contributed by atoms with Crippen molar-refractivity contribution in [2.75, 3.05) is 13.7 Å². The molecule has 0 saturated heterocycles. The van der Waals surface area contributed by atoms with Gasteiger partial charge in [0.15, 0.2) is 0 Å². The van der Waals surface area contributed by atoms with Gasteiger partial charge in [-0.25, -0.2) is 9.59 Å². The molecule has 0 fully saturated rings. The van der Waals surface area contributed by atoms with Crippen LogP contribution in [0.1, 0.15) is 27.2 Å². The molecule has 0 aliphatic rings. The van der Waals surface area contributed by atoms with Crippen LogP contribution in [-0.2, 0) is 9.53 Å². The van der Waals surface area contributed by atoms with Crippen LogP contribution in [0.5, 0.6) is 0 Å². The minimum absolute atomic E-state index is 0.0652. The zero-order valence-corrected chi connectivity index (χ0v) is 10.2. The second kappa shape index (κ2) is 6.32. The molecule has 0 aliphatic carbocycles. The number of nitrogens with one attached hydrogen (secondary N) is 2. The summed E-state index contributed by atoms with van der Waals surface area (Å²) in [6, 6.07) is -0.555. The van der Waals surface area contributed by atoms with E-state index in [1.54, 1.807) is 7.11 Å². The van der Waals surface area contributed by atoms with E-state index in [4.69, 9.17) is 9.84 Å². The molecule has 0 rings (SSSR count). The molecule has 0 aromatic carbocycles. The first kappa shape index (κ1) is 14.7. The van der Waals surface area contributed by atoms with Crippen LogP contribution in [0.2, 0.25) is 0 Å². The Balaban J connectivity index is 4.03. The number of ether oxygens (including phenoxy) is 1. The minimum atomic E-state index is -1.27. The standard InChI is InChI=1S/C10H20N2O4/c1-7(5-6-16-4)11-9(15)12-10(2,3)8(13)14/h7H,5-6H2,1-4H3,(H,13,14)(H2,11,12,15). The summed E-state index contributed by atoms with van der Waals surface area (Å²) < 4.78 is 4.87. The lowest BCUT2D eigenvalue weighted by Gasteiger charge is -2.23. The topological polar surface area (TPSA) is 87.7 Å². The Morgan fingerprint density at radius 3 is 2.44 bits per heavy atom. The number of methoxy groups -OCH3 is 1. The third kappa shape index (κ3) is 5.55. The van der Waals surface area contributed by atoms with Crippen molar-refractivity contribution in [2.24, 2.45) is 0 Å². The molecule has 1 atom stereocenters. The number of hydrogen-bond donors (Lipinski definition) is 3. The van der Waals surface area contributed by atoms with Crippen LogP contribution < -0.4 is 10.6 Å². The van der Waals surface area contributed by atoms with E-state index in [1.165, 1.54) is 13.8 Å². The second-order valence-electron chi connectivity index (χ2n) is 4.21. The molecular weight excluding hydrogens is 212 g/mol. The van der Waals surface area contributed by atoms with E-state index in [0.717, 1.165) is 0 Å². The number of rotatable bonds is 6. The van der Waals surface area contributed by atoms with E-state index in [-0.39, 0.29) is 6.04 Å². The molecule has 0 aromatic heterocycles. The highest BCUT2D eigenvalue weighted by Gasteiger charge is 2.29. The van der Waals surface area contributed by atoms with Gasteiger partial charge >= 0.3 is 12.0 Å². The Hall–Kier alpha value is -1.30. The van der Waals surface area contributed by atoms with E-state index in [1.807, 2.05) is 6.92 Å². The molecule has 3 N–H and O–H groups in total. The van der Waals surface area contributed by atoms with Gasteiger partial charge in [-0.1, -0.05) is 0 Å². The van der Waals surface area contributed by atoms with Crippen molar-refractivity contribution in [1.29, 1.82) is 0 Å². The lowest BCUT2D eigenvalue weighted by atomic mass is 10.1. The summed E-state index contributed by atoms with van der Waals surface area (Å²) in [7, 11) is 1.58. The lowest BCUT2D eigenvalue weighted by Crippen LogP contribution is -2.54. The normalized spacial score (nSPS) is 13.0. The Kier molecular flexibility index (Phi) is 5.81. The van der Waals surface area contributed by atoms with Crippen LogP contribution >= 0.6 is 0 Å². The molecule has 2 amide bonds. The highest BCUT2D eigenvalue weighted by Crippen LogP contribution is 2.01. The van der Waals surface area contributed by atoms with Gasteiger partial charge in [-0.05, 0) is 27.2 Å². The first-order chi connectivity index (χ1) is 7.29. The third-order valence-corrected chi connectivity index (χ3v) is 2.09. The van der Waals surface area contributed by atoms with Crippen molar-refractivity contribution in [2.45, 2.75) is 38.8 Å². The molecule has 0 aromatic rings. The zero-order valence-electron chi connectivity index (χ0n) is 10.2. The van der Waals surface area contributed by atoms with E-state index in [0.29, 0.717) is 13.0 Å². The summed E-state index contributed by atoms with van der Waals surface area (Å²) in [6.45, 7) is 5.22. The average Bonchev–Trinajstić information content (AvgIpc) is 2.13. The molecule has 94 valence electrons. The van der Waals surface area contributed by atoms with Crippen molar-refractivity contribution in [3.63, 3.8) is 0 Å². The van der Waals surface area contributed by atoms with Crippen LogP contribution in [0.4, 0.5) is 4.79 Å². The van der Waals surface area contributed by atoms with Gasteiger partial charge in [0.1, 0.15) is 5.54 Å². The highest BCUT2D eigenvalue weighted by molar-refractivity contribution is 5.85. The number of hydrogen-bond acceptors (Lipinski definition) is 3. The third-order valence-electron chi connectivity index (χ3n) is 2.09. The predicted octanol–water partition coefficient (Wildman–Crippen LogP) is 0.574. The van der Waals surface area contributed by atoms with Gasteiger partial charge in [0.25, 0.3) is 0 Å². The molecule has 16 heavy (non-hydrogen) atoms. The van der Waals surface area contributed by atoms with Gasteiger partial charge in [0.2, 0.25) is 0 Å².